The number of anilines is 1. The van der Waals surface area contributed by atoms with Crippen LogP contribution in [-0.2, 0) is 14.4 Å². The highest BCUT2D eigenvalue weighted by Crippen LogP contribution is 2.65. The number of carbonyl (C=O) groups excluding carboxylic acids is 3. The Kier molecular flexibility index (Phi) is 2.65. The van der Waals surface area contributed by atoms with E-state index in [1.165, 1.54) is 11.8 Å². The van der Waals surface area contributed by atoms with Crippen LogP contribution in [-0.4, -0.2) is 17.8 Å². The molecule has 4 aliphatic carbocycles. The maximum Gasteiger partial charge on any atom is 0.308 e. The predicted octanol–water partition coefficient (Wildman–Crippen LogP) is 2.17. The molecule has 3 fully saturated rings. The number of imide groups is 1. The molecule has 1 heterocycles. The van der Waals surface area contributed by atoms with Crippen molar-refractivity contribution in [2.24, 2.45) is 35.5 Å². The minimum atomic E-state index is -0.428. The number of esters is 1. The first-order valence-corrected chi connectivity index (χ1v) is 8.41. The van der Waals surface area contributed by atoms with Crippen LogP contribution in [0.5, 0.6) is 5.75 Å². The SMILES string of the molecule is CC(=O)Oc1cccc(N2C(=O)[C@@H]3[C@@H]4C=C[C@@H]([C@H]5C[C@@H]45)[C@@H]3C2=O)c1. The molecule has 5 nitrogen and oxygen atoms in total. The van der Waals surface area contributed by atoms with E-state index in [1.54, 1.807) is 24.3 Å². The largest absolute Gasteiger partial charge is 0.427 e. The van der Waals surface area contributed by atoms with Crippen molar-refractivity contribution < 1.29 is 19.1 Å². The highest BCUT2D eigenvalue weighted by molar-refractivity contribution is 6.22. The average molecular weight is 323 g/mol. The van der Waals surface area contributed by atoms with Gasteiger partial charge in [-0.05, 0) is 42.2 Å². The highest BCUT2D eigenvalue weighted by atomic mass is 16.5. The van der Waals surface area contributed by atoms with E-state index in [0.29, 0.717) is 23.3 Å². The van der Waals surface area contributed by atoms with E-state index in [2.05, 4.69) is 12.2 Å². The van der Waals surface area contributed by atoms with Gasteiger partial charge in [0, 0.05) is 13.0 Å². The van der Waals surface area contributed by atoms with E-state index < -0.39 is 5.97 Å². The number of carbonyl (C=O) groups is 3. The van der Waals surface area contributed by atoms with E-state index >= 15 is 0 Å². The summed E-state index contributed by atoms with van der Waals surface area (Å²) in [6.45, 7) is 1.32. The van der Waals surface area contributed by atoms with E-state index in [9.17, 15) is 14.4 Å². The first kappa shape index (κ1) is 14.0. The molecule has 2 bridgehead atoms. The van der Waals surface area contributed by atoms with E-state index in [-0.39, 0.29) is 35.5 Å². The number of hydrogen-bond acceptors (Lipinski definition) is 4. The van der Waals surface area contributed by atoms with Gasteiger partial charge in [0.2, 0.25) is 11.8 Å². The Morgan fingerprint density at radius 3 is 2.29 bits per heavy atom. The van der Waals surface area contributed by atoms with Gasteiger partial charge in [-0.25, -0.2) is 4.90 Å². The van der Waals surface area contributed by atoms with Crippen molar-refractivity contribution in [1.82, 2.24) is 0 Å². The van der Waals surface area contributed by atoms with Gasteiger partial charge in [0.1, 0.15) is 5.75 Å². The smallest absolute Gasteiger partial charge is 0.308 e. The van der Waals surface area contributed by atoms with Crippen molar-refractivity contribution in [2.45, 2.75) is 13.3 Å². The summed E-state index contributed by atoms with van der Waals surface area (Å²) in [6, 6.07) is 6.64. The summed E-state index contributed by atoms with van der Waals surface area (Å²) in [4.78, 5) is 38.4. The minimum absolute atomic E-state index is 0.102. The van der Waals surface area contributed by atoms with Gasteiger partial charge in [-0.1, -0.05) is 18.2 Å². The fourth-order valence-corrected chi connectivity index (χ4v) is 5.06. The molecule has 6 atom stereocenters. The monoisotopic (exact) mass is 323 g/mol. The summed E-state index contributed by atoms with van der Waals surface area (Å²) >= 11 is 0. The molecule has 0 unspecified atom stereocenters. The van der Waals surface area contributed by atoms with Gasteiger partial charge in [0.05, 0.1) is 17.5 Å². The molecule has 122 valence electrons. The Hall–Kier alpha value is -2.43. The molecule has 24 heavy (non-hydrogen) atoms. The molecule has 1 aromatic rings. The predicted molar refractivity (Wildman–Crippen MR) is 84.9 cm³/mol. The van der Waals surface area contributed by atoms with Crippen LogP contribution in [0, 0.1) is 35.5 Å². The molecule has 1 saturated heterocycles. The van der Waals surface area contributed by atoms with Crippen LogP contribution in [0.15, 0.2) is 36.4 Å². The molecular formula is C19H17NO4. The lowest BCUT2D eigenvalue weighted by Crippen LogP contribution is -2.40. The summed E-state index contributed by atoms with van der Waals surface area (Å²) in [7, 11) is 0. The lowest BCUT2D eigenvalue weighted by Gasteiger charge is -2.37. The van der Waals surface area contributed by atoms with Crippen LogP contribution in [0.1, 0.15) is 13.3 Å². The molecule has 2 saturated carbocycles. The normalized spacial score (nSPS) is 38.1. The van der Waals surface area contributed by atoms with Gasteiger partial charge in [0.15, 0.2) is 0 Å². The topological polar surface area (TPSA) is 63.7 Å². The number of benzene rings is 1. The number of hydrogen-bond donors (Lipinski definition) is 0. The number of ether oxygens (including phenoxy) is 1. The van der Waals surface area contributed by atoms with Gasteiger partial charge in [0.25, 0.3) is 0 Å². The molecule has 0 radical (unpaired) electrons. The summed E-state index contributed by atoms with van der Waals surface area (Å²) in [5.41, 5.74) is 0.492. The van der Waals surface area contributed by atoms with Crippen molar-refractivity contribution in [3.63, 3.8) is 0 Å². The number of nitrogens with zero attached hydrogens (tertiary/aromatic N) is 1. The van der Waals surface area contributed by atoms with Crippen molar-refractivity contribution in [3.8, 4) is 5.75 Å². The van der Waals surface area contributed by atoms with Crippen LogP contribution in [0.25, 0.3) is 0 Å². The van der Waals surface area contributed by atoms with Crippen LogP contribution in [0.4, 0.5) is 5.69 Å². The Bertz CT molecular complexity index is 777. The number of amides is 2. The van der Waals surface area contributed by atoms with Gasteiger partial charge < -0.3 is 4.74 Å². The number of rotatable bonds is 2. The first-order chi connectivity index (χ1) is 11.6. The van der Waals surface area contributed by atoms with Crippen molar-refractivity contribution >= 4 is 23.5 Å². The molecular weight excluding hydrogens is 306 g/mol. The highest BCUT2D eigenvalue weighted by Gasteiger charge is 2.67. The van der Waals surface area contributed by atoms with Gasteiger partial charge in [-0.15, -0.1) is 0 Å². The van der Waals surface area contributed by atoms with Crippen molar-refractivity contribution in [1.29, 1.82) is 0 Å². The van der Waals surface area contributed by atoms with Crippen LogP contribution in [0.3, 0.4) is 0 Å². The Morgan fingerprint density at radius 2 is 1.71 bits per heavy atom. The quantitative estimate of drug-likeness (QED) is 0.362. The third-order valence-corrected chi connectivity index (χ3v) is 6.00. The molecule has 1 aliphatic heterocycles. The van der Waals surface area contributed by atoms with Gasteiger partial charge >= 0.3 is 5.97 Å². The van der Waals surface area contributed by atoms with Crippen molar-refractivity contribution in [2.75, 3.05) is 4.90 Å². The summed E-state index contributed by atoms with van der Waals surface area (Å²) < 4.78 is 5.08. The second-order valence-electron chi connectivity index (χ2n) is 7.26. The molecule has 5 heteroatoms. The maximum absolute atomic E-state index is 13.0. The lowest BCUT2D eigenvalue weighted by atomic mass is 9.63. The second kappa shape index (κ2) is 4.56. The fourth-order valence-electron chi connectivity index (χ4n) is 5.06. The standard InChI is InChI=1S/C19H17NO4/c1-9(21)24-11-4-2-3-10(7-11)20-18(22)16-12-5-6-13(15-8-14(12)15)17(16)19(20)23/h2-7,12-17H,8H2,1H3/t12-,13+,14+,15-,16-,17+. The lowest BCUT2D eigenvalue weighted by molar-refractivity contribution is -0.132. The van der Waals surface area contributed by atoms with E-state index in [1.807, 2.05) is 0 Å². The summed E-state index contributed by atoms with van der Waals surface area (Å²) in [5, 5.41) is 0. The summed E-state index contributed by atoms with van der Waals surface area (Å²) in [6.07, 6.45) is 5.46. The zero-order valence-electron chi connectivity index (χ0n) is 13.2. The average Bonchev–Trinajstić information content (AvgIpc) is 3.31. The summed E-state index contributed by atoms with van der Waals surface area (Å²) in [5.74, 6) is 0.884. The third-order valence-electron chi connectivity index (χ3n) is 6.00. The molecule has 1 aromatic carbocycles. The van der Waals surface area contributed by atoms with Gasteiger partial charge in [-0.2, -0.15) is 0 Å². The third kappa shape index (κ3) is 1.72. The van der Waals surface area contributed by atoms with Crippen LogP contribution >= 0.6 is 0 Å². The Balaban J connectivity index is 1.51. The zero-order chi connectivity index (χ0) is 16.6. The first-order valence-electron chi connectivity index (χ1n) is 8.41. The maximum atomic E-state index is 13.0. The Labute approximate surface area is 139 Å². The second-order valence-corrected chi connectivity index (χ2v) is 7.26. The molecule has 0 spiro atoms. The molecule has 6 rings (SSSR count). The Morgan fingerprint density at radius 1 is 1.08 bits per heavy atom. The molecule has 5 aliphatic rings. The molecule has 0 aromatic heterocycles. The van der Waals surface area contributed by atoms with Crippen LogP contribution < -0.4 is 9.64 Å². The fraction of sp³-hybridized carbons (Fsp3) is 0.421. The molecule has 0 N–H and O–H groups in total. The number of allylic oxidation sites excluding steroid dienone is 2. The van der Waals surface area contributed by atoms with Gasteiger partial charge in [-0.3, -0.25) is 14.4 Å². The van der Waals surface area contributed by atoms with E-state index in [4.69, 9.17) is 4.74 Å². The zero-order valence-corrected chi connectivity index (χ0v) is 13.2. The molecule has 2 amide bonds. The van der Waals surface area contributed by atoms with Crippen LogP contribution in [0.2, 0.25) is 0 Å². The minimum Gasteiger partial charge on any atom is -0.427 e. The van der Waals surface area contributed by atoms with Crippen molar-refractivity contribution in [3.05, 3.63) is 36.4 Å². The van der Waals surface area contributed by atoms with E-state index in [0.717, 1.165) is 6.42 Å².